The Balaban J connectivity index is 1.93. The highest BCUT2D eigenvalue weighted by molar-refractivity contribution is 7.11. The summed E-state index contributed by atoms with van der Waals surface area (Å²) in [5, 5.41) is 7.77. The van der Waals surface area contributed by atoms with Crippen LogP contribution in [0.1, 0.15) is 9.88 Å². The lowest BCUT2D eigenvalue weighted by Gasteiger charge is -2.04. The highest BCUT2D eigenvalue weighted by Gasteiger charge is 1.96. The lowest BCUT2D eigenvalue weighted by molar-refractivity contribution is 0.199. The quantitative estimate of drug-likeness (QED) is 0.647. The van der Waals surface area contributed by atoms with E-state index < -0.39 is 0 Å². The van der Waals surface area contributed by atoms with Crippen LogP contribution in [-0.2, 0) is 11.3 Å². The fraction of sp³-hybridized carbons (Fsp3) is 0.700. The van der Waals surface area contributed by atoms with Crippen molar-refractivity contribution in [2.45, 2.75) is 13.5 Å². The van der Waals surface area contributed by atoms with E-state index in [9.17, 15) is 0 Å². The first-order chi connectivity index (χ1) is 7.33. The molecule has 1 aromatic heterocycles. The predicted octanol–water partition coefficient (Wildman–Crippen LogP) is 0.777. The molecule has 0 aliphatic carbocycles. The molecule has 0 fully saturated rings. The molecule has 1 heterocycles. The number of rotatable bonds is 8. The van der Waals surface area contributed by atoms with Crippen LogP contribution in [-0.4, -0.2) is 38.3 Å². The van der Waals surface area contributed by atoms with Crippen LogP contribution in [0.2, 0.25) is 0 Å². The lowest BCUT2D eigenvalue weighted by atomic mass is 10.5. The number of thiazole rings is 1. The first-order valence-electron chi connectivity index (χ1n) is 5.14. The number of nitrogens with zero attached hydrogens (tertiary/aromatic N) is 1. The van der Waals surface area contributed by atoms with Gasteiger partial charge in [-0.2, -0.15) is 0 Å². The van der Waals surface area contributed by atoms with Crippen molar-refractivity contribution in [3.05, 3.63) is 16.1 Å². The van der Waals surface area contributed by atoms with Crippen LogP contribution < -0.4 is 10.6 Å². The van der Waals surface area contributed by atoms with Crippen LogP contribution in [0.4, 0.5) is 0 Å². The van der Waals surface area contributed by atoms with Crippen molar-refractivity contribution >= 4 is 11.3 Å². The standard InChI is InChI=1S/C10H19N3OS/c1-9-13-8-10(15-9)7-12-4-3-11-5-6-14-2/h8,11-12H,3-7H2,1-2H3. The molecule has 1 rings (SSSR count). The Kier molecular flexibility index (Phi) is 6.50. The highest BCUT2D eigenvalue weighted by Crippen LogP contribution is 2.10. The molecule has 1 aromatic rings. The summed E-state index contributed by atoms with van der Waals surface area (Å²) in [6.07, 6.45) is 1.94. The Morgan fingerprint density at radius 2 is 2.13 bits per heavy atom. The maximum absolute atomic E-state index is 4.93. The number of aryl methyl sites for hydroxylation is 1. The van der Waals surface area contributed by atoms with Gasteiger partial charge in [-0.25, -0.2) is 4.98 Å². The van der Waals surface area contributed by atoms with E-state index in [4.69, 9.17) is 4.74 Å². The van der Waals surface area contributed by atoms with Crippen LogP contribution in [0.25, 0.3) is 0 Å². The monoisotopic (exact) mass is 229 g/mol. The van der Waals surface area contributed by atoms with Crippen molar-refractivity contribution < 1.29 is 4.74 Å². The van der Waals surface area contributed by atoms with Gasteiger partial charge in [-0.3, -0.25) is 0 Å². The van der Waals surface area contributed by atoms with E-state index in [2.05, 4.69) is 15.6 Å². The third-order valence-corrected chi connectivity index (χ3v) is 2.84. The molecule has 2 N–H and O–H groups in total. The smallest absolute Gasteiger partial charge is 0.0897 e. The maximum atomic E-state index is 4.93. The molecule has 0 unspecified atom stereocenters. The molecule has 0 amide bonds. The van der Waals surface area contributed by atoms with Gasteiger partial charge in [0.05, 0.1) is 11.6 Å². The Morgan fingerprint density at radius 3 is 2.80 bits per heavy atom. The van der Waals surface area contributed by atoms with E-state index in [1.165, 1.54) is 4.88 Å². The molecule has 15 heavy (non-hydrogen) atoms. The average Bonchev–Trinajstić information content (AvgIpc) is 2.63. The fourth-order valence-corrected chi connectivity index (χ4v) is 1.94. The number of nitrogens with one attached hydrogen (secondary N) is 2. The minimum absolute atomic E-state index is 0.772. The second kappa shape index (κ2) is 7.76. The molecule has 4 nitrogen and oxygen atoms in total. The molecule has 0 bridgehead atoms. The molecule has 0 aromatic carbocycles. The molecule has 0 saturated carbocycles. The summed E-state index contributed by atoms with van der Waals surface area (Å²) in [6.45, 7) is 6.58. The van der Waals surface area contributed by atoms with E-state index in [1.807, 2.05) is 13.1 Å². The summed E-state index contributed by atoms with van der Waals surface area (Å²) >= 11 is 1.75. The van der Waals surface area contributed by atoms with Gasteiger partial charge in [0.25, 0.3) is 0 Å². The van der Waals surface area contributed by atoms with E-state index in [1.54, 1.807) is 18.4 Å². The fourth-order valence-electron chi connectivity index (χ4n) is 1.17. The molecular weight excluding hydrogens is 210 g/mol. The van der Waals surface area contributed by atoms with Gasteiger partial charge in [0.1, 0.15) is 0 Å². The van der Waals surface area contributed by atoms with Crippen molar-refractivity contribution in [3.8, 4) is 0 Å². The first kappa shape index (κ1) is 12.6. The number of methoxy groups -OCH3 is 1. The summed E-state index contributed by atoms with van der Waals surface area (Å²) in [5.41, 5.74) is 0. The summed E-state index contributed by atoms with van der Waals surface area (Å²) in [4.78, 5) is 5.50. The predicted molar refractivity (Wildman–Crippen MR) is 63.3 cm³/mol. The lowest BCUT2D eigenvalue weighted by Crippen LogP contribution is -2.28. The van der Waals surface area contributed by atoms with Crippen LogP contribution in [0, 0.1) is 6.92 Å². The largest absolute Gasteiger partial charge is 0.383 e. The number of hydrogen-bond acceptors (Lipinski definition) is 5. The molecule has 0 aliphatic rings. The number of hydrogen-bond donors (Lipinski definition) is 2. The molecule has 0 spiro atoms. The van der Waals surface area contributed by atoms with Gasteiger partial charge in [0, 0.05) is 44.4 Å². The van der Waals surface area contributed by atoms with Gasteiger partial charge in [-0.1, -0.05) is 0 Å². The summed E-state index contributed by atoms with van der Waals surface area (Å²) < 4.78 is 4.93. The van der Waals surface area contributed by atoms with Gasteiger partial charge < -0.3 is 15.4 Å². The third kappa shape index (κ3) is 5.84. The zero-order valence-electron chi connectivity index (χ0n) is 9.38. The van der Waals surface area contributed by atoms with Crippen LogP contribution >= 0.6 is 11.3 Å². The maximum Gasteiger partial charge on any atom is 0.0897 e. The van der Waals surface area contributed by atoms with Gasteiger partial charge in [0.2, 0.25) is 0 Å². The van der Waals surface area contributed by atoms with Crippen molar-refractivity contribution in [2.75, 3.05) is 33.4 Å². The first-order valence-corrected chi connectivity index (χ1v) is 5.96. The number of aromatic nitrogens is 1. The average molecular weight is 229 g/mol. The zero-order valence-corrected chi connectivity index (χ0v) is 10.2. The van der Waals surface area contributed by atoms with E-state index in [-0.39, 0.29) is 0 Å². The van der Waals surface area contributed by atoms with Crippen molar-refractivity contribution in [1.29, 1.82) is 0 Å². The van der Waals surface area contributed by atoms with Crippen LogP contribution in [0.5, 0.6) is 0 Å². The Hall–Kier alpha value is -0.490. The second-order valence-electron chi connectivity index (χ2n) is 3.27. The van der Waals surface area contributed by atoms with Crippen LogP contribution in [0.15, 0.2) is 6.20 Å². The summed E-state index contributed by atoms with van der Waals surface area (Å²) in [5.74, 6) is 0. The molecular formula is C10H19N3OS. The molecule has 0 atom stereocenters. The Bertz CT molecular complexity index is 265. The van der Waals surface area contributed by atoms with Crippen molar-refractivity contribution in [2.24, 2.45) is 0 Å². The summed E-state index contributed by atoms with van der Waals surface area (Å²) in [7, 11) is 1.71. The third-order valence-electron chi connectivity index (χ3n) is 1.93. The topological polar surface area (TPSA) is 46.2 Å². The van der Waals surface area contributed by atoms with Crippen molar-refractivity contribution in [3.63, 3.8) is 0 Å². The number of ether oxygens (including phenoxy) is 1. The SMILES string of the molecule is COCCNCCNCc1cnc(C)s1. The van der Waals surface area contributed by atoms with E-state index in [0.29, 0.717) is 0 Å². The van der Waals surface area contributed by atoms with E-state index >= 15 is 0 Å². The normalized spacial score (nSPS) is 10.8. The molecule has 5 heteroatoms. The Morgan fingerprint density at radius 1 is 1.33 bits per heavy atom. The molecule has 0 saturated heterocycles. The van der Waals surface area contributed by atoms with E-state index in [0.717, 1.165) is 37.8 Å². The summed E-state index contributed by atoms with van der Waals surface area (Å²) in [6, 6.07) is 0. The molecule has 86 valence electrons. The minimum atomic E-state index is 0.772. The second-order valence-corrected chi connectivity index (χ2v) is 4.58. The van der Waals surface area contributed by atoms with Gasteiger partial charge in [0.15, 0.2) is 0 Å². The molecule has 0 radical (unpaired) electrons. The highest BCUT2D eigenvalue weighted by atomic mass is 32.1. The molecule has 0 aliphatic heterocycles. The Labute approximate surface area is 95.1 Å². The minimum Gasteiger partial charge on any atom is -0.383 e. The van der Waals surface area contributed by atoms with Gasteiger partial charge in [-0.05, 0) is 6.92 Å². The van der Waals surface area contributed by atoms with Gasteiger partial charge >= 0.3 is 0 Å². The van der Waals surface area contributed by atoms with Crippen LogP contribution in [0.3, 0.4) is 0 Å². The zero-order chi connectivity index (χ0) is 10.9. The van der Waals surface area contributed by atoms with Crippen molar-refractivity contribution in [1.82, 2.24) is 15.6 Å². The van der Waals surface area contributed by atoms with Gasteiger partial charge in [-0.15, -0.1) is 11.3 Å².